The highest BCUT2D eigenvalue weighted by Crippen LogP contribution is 2.15. The van der Waals surface area contributed by atoms with Crippen LogP contribution >= 0.6 is 0 Å². The quantitative estimate of drug-likeness (QED) is 0.886. The number of aryl methyl sites for hydroxylation is 1. The van der Waals surface area contributed by atoms with Crippen LogP contribution in [0.1, 0.15) is 26.3 Å². The van der Waals surface area contributed by atoms with Gasteiger partial charge in [0.25, 0.3) is 0 Å². The topological polar surface area (TPSA) is 44.9 Å². The highest BCUT2D eigenvalue weighted by Gasteiger charge is 2.03. The van der Waals surface area contributed by atoms with E-state index in [1.165, 1.54) is 16.5 Å². The van der Waals surface area contributed by atoms with E-state index >= 15 is 0 Å². The van der Waals surface area contributed by atoms with E-state index < -0.39 is 0 Å². The van der Waals surface area contributed by atoms with Crippen LogP contribution in [0.4, 0.5) is 0 Å². The van der Waals surface area contributed by atoms with E-state index in [9.17, 15) is 4.79 Å². The Labute approximate surface area is 115 Å². The number of fused-ring (bicyclic) bond motifs is 1. The molecule has 2 N–H and O–H groups in total. The van der Waals surface area contributed by atoms with Gasteiger partial charge < -0.3 is 10.3 Å². The molecule has 0 aliphatic rings. The van der Waals surface area contributed by atoms with Gasteiger partial charge in [0.05, 0.1) is 6.54 Å². The summed E-state index contributed by atoms with van der Waals surface area (Å²) in [4.78, 5) is 14.0. The molecule has 0 amide bonds. The fourth-order valence-electron chi connectivity index (χ4n) is 1.67. The SMILES string of the molecule is CCNCC(=O)C(C)C.Cc1c[nH]c2ccccc12. The molecule has 0 radical (unpaired) electrons. The molecule has 19 heavy (non-hydrogen) atoms. The summed E-state index contributed by atoms with van der Waals surface area (Å²) in [7, 11) is 0. The van der Waals surface area contributed by atoms with Crippen LogP contribution in [0.25, 0.3) is 10.9 Å². The Morgan fingerprint density at radius 2 is 2.00 bits per heavy atom. The Balaban J connectivity index is 0.000000192. The van der Waals surface area contributed by atoms with Crippen molar-refractivity contribution >= 4 is 16.7 Å². The summed E-state index contributed by atoms with van der Waals surface area (Å²) < 4.78 is 0. The van der Waals surface area contributed by atoms with Gasteiger partial charge in [0, 0.05) is 23.0 Å². The lowest BCUT2D eigenvalue weighted by molar-refractivity contribution is -0.121. The number of aromatic nitrogens is 1. The summed E-state index contributed by atoms with van der Waals surface area (Å²) in [5.74, 6) is 0.459. The molecule has 1 aromatic carbocycles. The number of nitrogens with one attached hydrogen (secondary N) is 2. The normalized spacial score (nSPS) is 10.4. The second-order valence-corrected chi connectivity index (χ2v) is 4.92. The lowest BCUT2D eigenvalue weighted by Crippen LogP contribution is -2.25. The first-order valence-corrected chi connectivity index (χ1v) is 6.82. The summed E-state index contributed by atoms with van der Waals surface area (Å²) in [5, 5.41) is 4.30. The summed E-state index contributed by atoms with van der Waals surface area (Å²) in [6.45, 7) is 9.33. The van der Waals surface area contributed by atoms with E-state index in [0.717, 1.165) is 6.54 Å². The average Bonchev–Trinajstić information content (AvgIpc) is 2.79. The maximum Gasteiger partial charge on any atom is 0.149 e. The third-order valence-electron chi connectivity index (χ3n) is 2.99. The van der Waals surface area contributed by atoms with Crippen molar-refractivity contribution in [2.24, 2.45) is 5.92 Å². The molecular weight excluding hydrogens is 236 g/mol. The van der Waals surface area contributed by atoms with Gasteiger partial charge in [-0.15, -0.1) is 0 Å². The number of benzene rings is 1. The number of para-hydroxylation sites is 1. The Bertz CT molecular complexity index is 514. The Hall–Kier alpha value is -1.61. The number of hydrogen-bond donors (Lipinski definition) is 2. The van der Waals surface area contributed by atoms with Gasteiger partial charge in [-0.25, -0.2) is 0 Å². The Kier molecular flexibility index (Phi) is 6.30. The molecular formula is C16H24N2O. The number of rotatable bonds is 4. The van der Waals surface area contributed by atoms with Gasteiger partial charge in [-0.1, -0.05) is 39.0 Å². The zero-order valence-corrected chi connectivity index (χ0v) is 12.3. The largest absolute Gasteiger partial charge is 0.361 e. The van der Waals surface area contributed by atoms with Crippen LogP contribution in [-0.2, 0) is 4.79 Å². The minimum absolute atomic E-state index is 0.170. The molecule has 0 atom stereocenters. The second kappa shape index (κ2) is 7.74. The van der Waals surface area contributed by atoms with Crippen molar-refractivity contribution in [3.05, 3.63) is 36.0 Å². The molecule has 0 fully saturated rings. The molecule has 0 aliphatic carbocycles. The van der Waals surface area contributed by atoms with E-state index in [4.69, 9.17) is 0 Å². The van der Waals surface area contributed by atoms with Crippen LogP contribution in [0.3, 0.4) is 0 Å². The molecule has 2 aromatic rings. The van der Waals surface area contributed by atoms with Gasteiger partial charge >= 0.3 is 0 Å². The third kappa shape index (κ3) is 4.87. The summed E-state index contributed by atoms with van der Waals surface area (Å²) in [6.07, 6.45) is 2.03. The average molecular weight is 260 g/mol. The van der Waals surface area contributed by atoms with Gasteiger partial charge in [0.15, 0.2) is 0 Å². The Morgan fingerprint density at radius 1 is 1.32 bits per heavy atom. The zero-order valence-electron chi connectivity index (χ0n) is 12.3. The molecule has 3 nitrogen and oxygen atoms in total. The van der Waals surface area contributed by atoms with Crippen LogP contribution in [-0.4, -0.2) is 23.9 Å². The van der Waals surface area contributed by atoms with Crippen molar-refractivity contribution in [3.8, 4) is 0 Å². The summed E-state index contributed by atoms with van der Waals surface area (Å²) in [6, 6.07) is 8.31. The van der Waals surface area contributed by atoms with Gasteiger partial charge in [-0.05, 0) is 25.1 Å². The van der Waals surface area contributed by atoms with Gasteiger partial charge in [-0.2, -0.15) is 0 Å². The first-order chi connectivity index (χ1) is 9.06. The minimum atomic E-state index is 0.170. The first-order valence-electron chi connectivity index (χ1n) is 6.82. The molecule has 3 heteroatoms. The zero-order chi connectivity index (χ0) is 14.3. The second-order valence-electron chi connectivity index (χ2n) is 4.92. The number of hydrogen-bond acceptors (Lipinski definition) is 2. The maximum absolute atomic E-state index is 10.8. The lowest BCUT2D eigenvalue weighted by Gasteiger charge is -2.02. The van der Waals surface area contributed by atoms with Crippen LogP contribution in [0, 0.1) is 12.8 Å². The maximum atomic E-state index is 10.8. The van der Waals surface area contributed by atoms with Crippen molar-refractivity contribution in [2.75, 3.05) is 13.1 Å². The lowest BCUT2D eigenvalue weighted by atomic mass is 10.1. The van der Waals surface area contributed by atoms with E-state index in [-0.39, 0.29) is 11.7 Å². The smallest absolute Gasteiger partial charge is 0.149 e. The highest BCUT2D eigenvalue weighted by atomic mass is 16.1. The van der Waals surface area contributed by atoms with Crippen molar-refractivity contribution in [3.63, 3.8) is 0 Å². The number of likely N-dealkylation sites (N-methyl/N-ethyl adjacent to an activating group) is 1. The van der Waals surface area contributed by atoms with Crippen LogP contribution in [0.15, 0.2) is 30.5 Å². The molecule has 2 rings (SSSR count). The van der Waals surface area contributed by atoms with Gasteiger partial charge in [0.1, 0.15) is 5.78 Å². The van der Waals surface area contributed by atoms with E-state index in [2.05, 4.69) is 35.4 Å². The predicted molar refractivity (Wildman–Crippen MR) is 81.4 cm³/mol. The van der Waals surface area contributed by atoms with E-state index in [0.29, 0.717) is 6.54 Å². The fraction of sp³-hybridized carbons (Fsp3) is 0.438. The molecule has 0 saturated carbocycles. The fourth-order valence-corrected chi connectivity index (χ4v) is 1.67. The molecule has 0 bridgehead atoms. The van der Waals surface area contributed by atoms with E-state index in [1.54, 1.807) is 0 Å². The van der Waals surface area contributed by atoms with Crippen LogP contribution < -0.4 is 5.32 Å². The van der Waals surface area contributed by atoms with Crippen molar-refractivity contribution < 1.29 is 4.79 Å². The number of Topliss-reactive ketones (excluding diaryl/α,β-unsaturated/α-hetero) is 1. The van der Waals surface area contributed by atoms with Crippen molar-refractivity contribution in [1.29, 1.82) is 0 Å². The van der Waals surface area contributed by atoms with Crippen molar-refractivity contribution in [1.82, 2.24) is 10.3 Å². The minimum Gasteiger partial charge on any atom is -0.361 e. The standard InChI is InChI=1S/C9H9N.C7H15NO/c1-7-6-10-9-5-3-2-4-8(7)9;1-4-8-5-7(9)6(2)3/h2-6,10H,1H3;6,8H,4-5H2,1-3H3. The predicted octanol–water partition coefficient (Wildman–Crippen LogP) is 3.30. The highest BCUT2D eigenvalue weighted by molar-refractivity contribution is 5.82. The first kappa shape index (κ1) is 15.4. The number of carbonyl (C=O) groups is 1. The van der Waals surface area contributed by atoms with Crippen LogP contribution in [0.2, 0.25) is 0 Å². The Morgan fingerprint density at radius 3 is 2.58 bits per heavy atom. The monoisotopic (exact) mass is 260 g/mol. The van der Waals surface area contributed by atoms with Gasteiger partial charge in [-0.3, -0.25) is 4.79 Å². The third-order valence-corrected chi connectivity index (χ3v) is 2.99. The number of aromatic amines is 1. The van der Waals surface area contributed by atoms with E-state index in [1.807, 2.05) is 33.0 Å². The summed E-state index contributed by atoms with van der Waals surface area (Å²) in [5.41, 5.74) is 2.54. The number of ketones is 1. The molecule has 0 unspecified atom stereocenters. The molecule has 0 spiro atoms. The number of carbonyl (C=O) groups excluding carboxylic acids is 1. The molecule has 0 saturated heterocycles. The molecule has 0 aliphatic heterocycles. The molecule has 1 heterocycles. The molecule has 104 valence electrons. The van der Waals surface area contributed by atoms with Gasteiger partial charge in [0.2, 0.25) is 0 Å². The molecule has 1 aromatic heterocycles. The number of H-pyrrole nitrogens is 1. The van der Waals surface area contributed by atoms with Crippen LogP contribution in [0.5, 0.6) is 0 Å². The summed E-state index contributed by atoms with van der Waals surface area (Å²) >= 11 is 0. The van der Waals surface area contributed by atoms with Crippen molar-refractivity contribution in [2.45, 2.75) is 27.7 Å².